The molecule has 0 saturated heterocycles. The van der Waals surface area contributed by atoms with Gasteiger partial charge in [-0.05, 0) is 0 Å². The van der Waals surface area contributed by atoms with E-state index in [0.717, 1.165) is 0 Å². The lowest BCUT2D eigenvalue weighted by Gasteiger charge is -2.12. The van der Waals surface area contributed by atoms with Crippen LogP contribution in [0.2, 0.25) is 0 Å². The van der Waals surface area contributed by atoms with Gasteiger partial charge in [-0.15, -0.1) is 0 Å². The molecule has 0 aliphatic carbocycles. The van der Waals surface area contributed by atoms with E-state index >= 15 is 0 Å². The molecule has 0 aromatic carbocycles. The summed E-state index contributed by atoms with van der Waals surface area (Å²) in [5, 5.41) is 8.37. The van der Waals surface area contributed by atoms with E-state index in [1.165, 1.54) is 14.2 Å². The first kappa shape index (κ1) is 13.3. The minimum absolute atomic E-state index is 0.0489. The van der Waals surface area contributed by atoms with Crippen LogP contribution in [0.15, 0.2) is 0 Å². The third-order valence-corrected chi connectivity index (χ3v) is 1.33. The summed E-state index contributed by atoms with van der Waals surface area (Å²) in [4.78, 5) is 11.1. The Hall–Kier alpha value is -0.690. The molecule has 0 aliphatic heterocycles. The van der Waals surface area contributed by atoms with Crippen LogP contribution in [0.25, 0.3) is 0 Å². The first-order valence-corrected chi connectivity index (χ1v) is 4.17. The maximum absolute atomic E-state index is 11.1. The van der Waals surface area contributed by atoms with E-state index in [1.807, 2.05) is 0 Å². The molecule has 0 unspecified atom stereocenters. The lowest BCUT2D eigenvalue weighted by Crippen LogP contribution is -2.28. The first-order chi connectivity index (χ1) is 6.76. The zero-order valence-corrected chi connectivity index (χ0v) is 8.39. The molecule has 0 saturated carbocycles. The van der Waals surface area contributed by atoms with Crippen LogP contribution in [0.5, 0.6) is 0 Å². The third kappa shape index (κ3) is 5.87. The Bertz CT molecular complexity index is 145. The second kappa shape index (κ2) is 8.89. The second-order valence-electron chi connectivity index (χ2n) is 2.31. The Kier molecular flexibility index (Phi) is 8.45. The van der Waals surface area contributed by atoms with Gasteiger partial charge >= 0.3 is 5.97 Å². The van der Waals surface area contributed by atoms with Crippen LogP contribution in [0, 0.1) is 0 Å². The van der Waals surface area contributed by atoms with Crippen molar-refractivity contribution in [1.29, 1.82) is 0 Å². The summed E-state index contributed by atoms with van der Waals surface area (Å²) >= 11 is 0. The van der Waals surface area contributed by atoms with Crippen molar-refractivity contribution in [2.45, 2.75) is 6.29 Å². The van der Waals surface area contributed by atoms with Gasteiger partial charge in [-0.3, -0.25) is 0 Å². The lowest BCUT2D eigenvalue weighted by molar-refractivity contribution is -0.184. The topological polar surface area (TPSA) is 74.2 Å². The molecule has 0 aromatic rings. The SMILES string of the molecule is COC(OC)C(=O)OCCOCCO. The van der Waals surface area contributed by atoms with Crippen molar-refractivity contribution in [2.75, 3.05) is 40.6 Å². The highest BCUT2D eigenvalue weighted by Gasteiger charge is 2.17. The van der Waals surface area contributed by atoms with Gasteiger partial charge in [0, 0.05) is 14.2 Å². The van der Waals surface area contributed by atoms with Crippen molar-refractivity contribution in [3.8, 4) is 0 Å². The lowest BCUT2D eigenvalue weighted by atomic mass is 10.6. The van der Waals surface area contributed by atoms with Crippen molar-refractivity contribution in [3.05, 3.63) is 0 Å². The molecule has 0 atom stereocenters. The van der Waals surface area contributed by atoms with E-state index in [-0.39, 0.29) is 26.4 Å². The molecule has 0 heterocycles. The van der Waals surface area contributed by atoms with E-state index in [2.05, 4.69) is 9.47 Å². The number of aliphatic hydroxyl groups is 1. The summed E-state index contributed by atoms with van der Waals surface area (Å²) in [6.45, 7) is 0.538. The van der Waals surface area contributed by atoms with E-state index in [4.69, 9.17) is 14.6 Å². The Morgan fingerprint density at radius 2 is 1.86 bits per heavy atom. The Morgan fingerprint density at radius 1 is 1.21 bits per heavy atom. The Balaban J connectivity index is 3.43. The first-order valence-electron chi connectivity index (χ1n) is 4.17. The van der Waals surface area contributed by atoms with Gasteiger partial charge in [0.05, 0.1) is 19.8 Å². The summed E-state index contributed by atoms with van der Waals surface area (Å²) < 4.78 is 18.9. The molecule has 84 valence electrons. The van der Waals surface area contributed by atoms with Gasteiger partial charge in [-0.25, -0.2) is 4.79 Å². The van der Waals surface area contributed by atoms with Crippen molar-refractivity contribution in [1.82, 2.24) is 0 Å². The number of methoxy groups -OCH3 is 2. The van der Waals surface area contributed by atoms with E-state index in [1.54, 1.807) is 0 Å². The number of carbonyl (C=O) groups excluding carboxylic acids is 1. The van der Waals surface area contributed by atoms with E-state index in [9.17, 15) is 4.79 Å². The molecular weight excluding hydrogens is 192 g/mol. The van der Waals surface area contributed by atoms with Crippen molar-refractivity contribution in [2.24, 2.45) is 0 Å². The summed E-state index contributed by atoms with van der Waals surface area (Å²) in [6, 6.07) is 0. The van der Waals surface area contributed by atoms with Gasteiger partial charge in [0.2, 0.25) is 0 Å². The minimum Gasteiger partial charge on any atom is -0.459 e. The number of esters is 1. The molecule has 0 amide bonds. The highest BCUT2D eigenvalue weighted by atomic mass is 16.7. The standard InChI is InChI=1S/C8H16O6/c1-11-8(12-2)7(10)14-6-5-13-4-3-9/h8-9H,3-6H2,1-2H3. The minimum atomic E-state index is -0.993. The van der Waals surface area contributed by atoms with Gasteiger partial charge in [0.15, 0.2) is 0 Å². The van der Waals surface area contributed by atoms with Crippen LogP contribution in [0.1, 0.15) is 0 Å². The quantitative estimate of drug-likeness (QED) is 0.318. The summed E-state index contributed by atoms with van der Waals surface area (Å²) in [5.41, 5.74) is 0. The largest absolute Gasteiger partial charge is 0.459 e. The molecule has 0 spiro atoms. The molecule has 0 rings (SSSR count). The summed E-state index contributed by atoms with van der Waals surface area (Å²) in [5.74, 6) is -0.595. The van der Waals surface area contributed by atoms with E-state index < -0.39 is 12.3 Å². The molecule has 0 aromatic heterocycles. The van der Waals surface area contributed by atoms with Crippen LogP contribution in [0.4, 0.5) is 0 Å². The number of rotatable bonds is 8. The Morgan fingerprint density at radius 3 is 2.36 bits per heavy atom. The number of aliphatic hydroxyl groups excluding tert-OH is 1. The Labute approximate surface area is 82.7 Å². The third-order valence-electron chi connectivity index (χ3n) is 1.33. The summed E-state index contributed by atoms with van der Waals surface area (Å²) in [7, 11) is 2.69. The molecule has 0 aliphatic rings. The maximum Gasteiger partial charge on any atom is 0.363 e. The molecule has 14 heavy (non-hydrogen) atoms. The van der Waals surface area contributed by atoms with Crippen LogP contribution in [-0.2, 0) is 23.7 Å². The number of carbonyl (C=O) groups is 1. The highest BCUT2D eigenvalue weighted by Crippen LogP contribution is 1.94. The van der Waals surface area contributed by atoms with Gasteiger partial charge in [0.25, 0.3) is 6.29 Å². The van der Waals surface area contributed by atoms with E-state index in [0.29, 0.717) is 0 Å². The zero-order chi connectivity index (χ0) is 10.8. The van der Waals surface area contributed by atoms with Crippen LogP contribution in [-0.4, -0.2) is 58.0 Å². The smallest absolute Gasteiger partial charge is 0.363 e. The van der Waals surface area contributed by atoms with Crippen LogP contribution in [0.3, 0.4) is 0 Å². The molecule has 0 fully saturated rings. The fourth-order valence-electron chi connectivity index (χ4n) is 0.725. The van der Waals surface area contributed by atoms with Crippen molar-refractivity contribution < 1.29 is 28.8 Å². The average molecular weight is 208 g/mol. The monoisotopic (exact) mass is 208 g/mol. The van der Waals surface area contributed by atoms with Crippen molar-refractivity contribution >= 4 is 5.97 Å². The van der Waals surface area contributed by atoms with Crippen molar-refractivity contribution in [3.63, 3.8) is 0 Å². The molecule has 0 radical (unpaired) electrons. The molecule has 6 heteroatoms. The maximum atomic E-state index is 11.1. The second-order valence-corrected chi connectivity index (χ2v) is 2.31. The predicted molar refractivity (Wildman–Crippen MR) is 46.7 cm³/mol. The normalized spacial score (nSPS) is 10.6. The van der Waals surface area contributed by atoms with Gasteiger partial charge < -0.3 is 24.1 Å². The average Bonchev–Trinajstić information content (AvgIpc) is 2.19. The molecule has 1 N–H and O–H groups in total. The fourth-order valence-corrected chi connectivity index (χ4v) is 0.725. The summed E-state index contributed by atoms with van der Waals surface area (Å²) in [6.07, 6.45) is -0.993. The van der Waals surface area contributed by atoms with Gasteiger partial charge in [-0.1, -0.05) is 0 Å². The molecule has 6 nitrogen and oxygen atoms in total. The highest BCUT2D eigenvalue weighted by molar-refractivity contribution is 5.73. The zero-order valence-electron chi connectivity index (χ0n) is 8.39. The van der Waals surface area contributed by atoms with Gasteiger partial charge in [0.1, 0.15) is 6.61 Å². The number of ether oxygens (including phenoxy) is 4. The predicted octanol–water partition coefficient (Wildman–Crippen LogP) is -0.843. The van der Waals surface area contributed by atoms with Crippen LogP contribution >= 0.6 is 0 Å². The van der Waals surface area contributed by atoms with Crippen LogP contribution < -0.4 is 0 Å². The number of hydrogen-bond donors (Lipinski definition) is 1. The molecular formula is C8H16O6. The molecule has 0 bridgehead atoms. The fraction of sp³-hybridized carbons (Fsp3) is 0.875. The van der Waals surface area contributed by atoms with Gasteiger partial charge in [-0.2, -0.15) is 0 Å². The number of hydrogen-bond acceptors (Lipinski definition) is 6.